The van der Waals surface area contributed by atoms with E-state index in [-0.39, 0.29) is 0 Å². The summed E-state index contributed by atoms with van der Waals surface area (Å²) in [5, 5.41) is 0. The van der Waals surface area contributed by atoms with Crippen LogP contribution in [0.4, 0.5) is 17.3 Å². The molecule has 4 heteroatoms. The molecule has 2 rings (SSSR count). The molecule has 0 aliphatic heterocycles. The maximum atomic E-state index is 5.78. The van der Waals surface area contributed by atoms with Crippen molar-refractivity contribution in [3.63, 3.8) is 0 Å². The predicted molar refractivity (Wildman–Crippen MR) is 67.3 cm³/mol. The second kappa shape index (κ2) is 3.81. The van der Waals surface area contributed by atoms with Gasteiger partial charge in [0.2, 0.25) is 5.88 Å². The van der Waals surface area contributed by atoms with Crippen LogP contribution in [0.2, 0.25) is 0 Å². The number of rotatable bonds is 2. The average Bonchev–Trinajstić information content (AvgIpc) is 2.71. The van der Waals surface area contributed by atoms with Gasteiger partial charge in [-0.05, 0) is 23.8 Å². The molecule has 4 N–H and O–H groups in total. The average molecular weight is 217 g/mol. The van der Waals surface area contributed by atoms with Crippen molar-refractivity contribution >= 4 is 17.3 Å². The van der Waals surface area contributed by atoms with Crippen molar-refractivity contribution < 1.29 is 4.42 Å². The molecule has 2 aromatic rings. The van der Waals surface area contributed by atoms with Crippen LogP contribution in [0, 0.1) is 0 Å². The highest BCUT2D eigenvalue weighted by molar-refractivity contribution is 5.80. The highest BCUT2D eigenvalue weighted by atomic mass is 16.3. The Bertz CT molecular complexity index is 503. The third-order valence-corrected chi connectivity index (χ3v) is 2.45. The minimum absolute atomic E-state index is 0.586. The van der Waals surface area contributed by atoms with Gasteiger partial charge >= 0.3 is 0 Å². The summed E-state index contributed by atoms with van der Waals surface area (Å²) in [6, 6.07) is 7.51. The lowest BCUT2D eigenvalue weighted by atomic mass is 10.1. The van der Waals surface area contributed by atoms with Gasteiger partial charge in [0.05, 0.1) is 17.6 Å². The zero-order valence-electron chi connectivity index (χ0n) is 9.40. The minimum Gasteiger partial charge on any atom is -0.448 e. The Morgan fingerprint density at radius 1 is 1.06 bits per heavy atom. The first-order valence-corrected chi connectivity index (χ1v) is 5.00. The quantitative estimate of drug-likeness (QED) is 0.756. The predicted octanol–water partition coefficient (Wildman–Crippen LogP) is 2.18. The number of benzene rings is 1. The van der Waals surface area contributed by atoms with E-state index in [1.165, 1.54) is 0 Å². The highest BCUT2D eigenvalue weighted by Crippen LogP contribution is 2.33. The van der Waals surface area contributed by atoms with Gasteiger partial charge in [-0.3, -0.25) is 0 Å². The first-order chi connectivity index (χ1) is 7.59. The molecule has 1 aromatic heterocycles. The molecule has 84 valence electrons. The Morgan fingerprint density at radius 3 is 2.44 bits per heavy atom. The van der Waals surface area contributed by atoms with Crippen molar-refractivity contribution in [1.82, 2.24) is 0 Å². The topological polar surface area (TPSA) is 68.4 Å². The zero-order valence-corrected chi connectivity index (χ0v) is 9.40. The zero-order chi connectivity index (χ0) is 11.7. The van der Waals surface area contributed by atoms with Crippen molar-refractivity contribution in [3.05, 3.63) is 30.5 Å². The summed E-state index contributed by atoms with van der Waals surface area (Å²) in [7, 11) is 3.87. The number of hydrogen-bond acceptors (Lipinski definition) is 4. The van der Waals surface area contributed by atoms with Crippen molar-refractivity contribution in [2.24, 2.45) is 0 Å². The molecule has 16 heavy (non-hydrogen) atoms. The van der Waals surface area contributed by atoms with E-state index in [0.29, 0.717) is 11.4 Å². The van der Waals surface area contributed by atoms with Gasteiger partial charge in [0, 0.05) is 19.7 Å². The van der Waals surface area contributed by atoms with E-state index in [1.54, 1.807) is 12.3 Å². The summed E-state index contributed by atoms with van der Waals surface area (Å²) in [5.41, 5.74) is 14.7. The number of anilines is 3. The molecule has 0 bridgehead atoms. The van der Waals surface area contributed by atoms with Gasteiger partial charge in [-0.25, -0.2) is 0 Å². The summed E-state index contributed by atoms with van der Waals surface area (Å²) < 4.78 is 5.40. The lowest BCUT2D eigenvalue weighted by Gasteiger charge is -2.11. The lowest BCUT2D eigenvalue weighted by Crippen LogP contribution is -2.08. The Hall–Kier alpha value is -2.10. The Kier molecular flexibility index (Phi) is 2.48. The molecule has 0 aliphatic rings. The lowest BCUT2D eigenvalue weighted by molar-refractivity contribution is 0.566. The van der Waals surface area contributed by atoms with E-state index >= 15 is 0 Å². The molecule has 1 aromatic carbocycles. The Balaban J connectivity index is 2.50. The molecule has 0 atom stereocenters. The van der Waals surface area contributed by atoms with Crippen molar-refractivity contribution in [3.8, 4) is 11.1 Å². The molecule has 0 aliphatic carbocycles. The molecular weight excluding hydrogens is 202 g/mol. The summed E-state index contributed by atoms with van der Waals surface area (Å²) >= 11 is 0. The van der Waals surface area contributed by atoms with Crippen LogP contribution in [0.3, 0.4) is 0 Å². The van der Waals surface area contributed by atoms with E-state index in [1.807, 2.05) is 37.2 Å². The van der Waals surface area contributed by atoms with Gasteiger partial charge in [0.1, 0.15) is 0 Å². The second-order valence-corrected chi connectivity index (χ2v) is 3.88. The third kappa shape index (κ3) is 1.69. The standard InChI is InChI=1S/C12H15N3O/c1-15(2)12-9(5-6-16-12)8-3-4-10(13)11(14)7-8/h3-7H,13-14H2,1-2H3. The Morgan fingerprint density at radius 2 is 1.81 bits per heavy atom. The van der Waals surface area contributed by atoms with E-state index in [9.17, 15) is 0 Å². The molecule has 0 fully saturated rings. The molecule has 4 nitrogen and oxygen atoms in total. The van der Waals surface area contributed by atoms with Gasteiger partial charge in [0.15, 0.2) is 0 Å². The van der Waals surface area contributed by atoms with Crippen molar-refractivity contribution in [1.29, 1.82) is 0 Å². The van der Waals surface area contributed by atoms with E-state index < -0.39 is 0 Å². The van der Waals surface area contributed by atoms with Crippen LogP contribution in [-0.4, -0.2) is 14.1 Å². The maximum Gasteiger partial charge on any atom is 0.202 e. The third-order valence-electron chi connectivity index (χ3n) is 2.45. The minimum atomic E-state index is 0.586. The molecular formula is C12H15N3O. The summed E-state index contributed by atoms with van der Waals surface area (Å²) in [5.74, 6) is 0.809. The number of nitrogens with zero attached hydrogens (tertiary/aromatic N) is 1. The molecule has 0 saturated carbocycles. The van der Waals surface area contributed by atoms with Gasteiger partial charge in [-0.2, -0.15) is 0 Å². The molecule has 0 amide bonds. The van der Waals surface area contributed by atoms with Crippen LogP contribution in [0.5, 0.6) is 0 Å². The molecule has 0 spiro atoms. The van der Waals surface area contributed by atoms with Crippen LogP contribution in [0.15, 0.2) is 34.9 Å². The Labute approximate surface area is 94.5 Å². The largest absolute Gasteiger partial charge is 0.448 e. The molecule has 1 heterocycles. The van der Waals surface area contributed by atoms with Crippen LogP contribution >= 0.6 is 0 Å². The molecule has 0 unspecified atom stereocenters. The van der Waals surface area contributed by atoms with Crippen molar-refractivity contribution in [2.75, 3.05) is 30.5 Å². The molecule has 0 saturated heterocycles. The maximum absolute atomic E-state index is 5.78. The van der Waals surface area contributed by atoms with Crippen molar-refractivity contribution in [2.45, 2.75) is 0 Å². The fourth-order valence-electron chi connectivity index (χ4n) is 1.61. The van der Waals surface area contributed by atoms with E-state index in [2.05, 4.69) is 0 Å². The van der Waals surface area contributed by atoms with E-state index in [0.717, 1.165) is 17.0 Å². The number of nitrogens with two attached hydrogens (primary N) is 2. The normalized spacial score (nSPS) is 10.4. The monoisotopic (exact) mass is 217 g/mol. The number of nitrogen functional groups attached to an aromatic ring is 2. The number of furan rings is 1. The molecule has 0 radical (unpaired) electrons. The first kappa shape index (κ1) is 10.4. The van der Waals surface area contributed by atoms with Crippen LogP contribution in [0.1, 0.15) is 0 Å². The van der Waals surface area contributed by atoms with Gasteiger partial charge in [0.25, 0.3) is 0 Å². The van der Waals surface area contributed by atoms with Crippen LogP contribution in [0.25, 0.3) is 11.1 Å². The first-order valence-electron chi connectivity index (χ1n) is 5.00. The fourth-order valence-corrected chi connectivity index (χ4v) is 1.61. The van der Waals surface area contributed by atoms with Gasteiger partial charge in [-0.15, -0.1) is 0 Å². The van der Waals surface area contributed by atoms with E-state index in [4.69, 9.17) is 15.9 Å². The number of hydrogen-bond donors (Lipinski definition) is 2. The smallest absolute Gasteiger partial charge is 0.202 e. The fraction of sp³-hybridized carbons (Fsp3) is 0.167. The van der Waals surface area contributed by atoms with Crippen LogP contribution < -0.4 is 16.4 Å². The summed E-state index contributed by atoms with van der Waals surface area (Å²) in [6.07, 6.45) is 1.66. The highest BCUT2D eigenvalue weighted by Gasteiger charge is 2.11. The summed E-state index contributed by atoms with van der Waals surface area (Å²) in [4.78, 5) is 1.92. The van der Waals surface area contributed by atoms with Crippen LogP contribution in [-0.2, 0) is 0 Å². The SMILES string of the molecule is CN(C)c1occc1-c1ccc(N)c(N)c1. The van der Waals surface area contributed by atoms with Gasteiger partial charge in [-0.1, -0.05) is 6.07 Å². The summed E-state index contributed by atoms with van der Waals surface area (Å²) in [6.45, 7) is 0. The van der Waals surface area contributed by atoms with Gasteiger partial charge < -0.3 is 20.8 Å². The second-order valence-electron chi connectivity index (χ2n) is 3.88.